The van der Waals surface area contributed by atoms with Crippen molar-refractivity contribution < 1.29 is 9.59 Å². The van der Waals surface area contributed by atoms with Crippen molar-refractivity contribution in [3.63, 3.8) is 0 Å². The van der Waals surface area contributed by atoms with Crippen LogP contribution in [0.2, 0.25) is 0 Å². The fraction of sp³-hybridized carbons (Fsp3) is 0.407. The van der Waals surface area contributed by atoms with Crippen LogP contribution in [-0.2, 0) is 11.3 Å². The monoisotopic (exact) mass is 429 g/mol. The summed E-state index contributed by atoms with van der Waals surface area (Å²) in [6.07, 6.45) is 7.61. The summed E-state index contributed by atoms with van der Waals surface area (Å²) >= 11 is 0. The average molecular weight is 430 g/mol. The maximum absolute atomic E-state index is 13.0. The molecule has 2 amide bonds. The number of amides is 2. The van der Waals surface area contributed by atoms with E-state index in [1.807, 2.05) is 35.2 Å². The maximum atomic E-state index is 13.0. The van der Waals surface area contributed by atoms with Gasteiger partial charge in [0.15, 0.2) is 0 Å². The quantitative estimate of drug-likeness (QED) is 0.693. The zero-order chi connectivity index (χ0) is 21.9. The predicted octanol–water partition coefficient (Wildman–Crippen LogP) is 3.86. The van der Waals surface area contributed by atoms with E-state index >= 15 is 0 Å². The molecule has 5 rings (SSSR count). The van der Waals surface area contributed by atoms with Crippen molar-refractivity contribution in [2.75, 3.05) is 19.6 Å². The van der Waals surface area contributed by atoms with Gasteiger partial charge in [-0.05, 0) is 60.9 Å². The summed E-state index contributed by atoms with van der Waals surface area (Å²) in [5.41, 5.74) is 4.45. The van der Waals surface area contributed by atoms with Gasteiger partial charge in [-0.15, -0.1) is 0 Å². The first kappa shape index (κ1) is 21.0. The van der Waals surface area contributed by atoms with E-state index < -0.39 is 0 Å². The van der Waals surface area contributed by atoms with Gasteiger partial charge in [0.2, 0.25) is 5.91 Å². The van der Waals surface area contributed by atoms with Gasteiger partial charge in [-0.3, -0.25) is 14.5 Å². The summed E-state index contributed by atoms with van der Waals surface area (Å²) in [6, 6.07) is 19.2. The Balaban J connectivity index is 1.17. The van der Waals surface area contributed by atoms with Gasteiger partial charge in [-0.1, -0.05) is 48.5 Å². The number of nitrogens with zero attached hydrogens (tertiary/aromatic N) is 2. The Morgan fingerprint density at radius 1 is 0.969 bits per heavy atom. The highest BCUT2D eigenvalue weighted by molar-refractivity contribution is 5.94. The van der Waals surface area contributed by atoms with Crippen LogP contribution < -0.4 is 5.32 Å². The van der Waals surface area contributed by atoms with E-state index in [9.17, 15) is 9.59 Å². The Morgan fingerprint density at radius 3 is 2.34 bits per heavy atom. The molecule has 0 saturated heterocycles. The van der Waals surface area contributed by atoms with Crippen LogP contribution in [0.3, 0.4) is 0 Å². The number of hydrogen-bond acceptors (Lipinski definition) is 3. The standard InChI is InChI=1S/C27H31N3O2/c31-26(29-16-14-22(15-17-29)21-4-2-1-3-5-21)19-30(25-12-13-25)18-20-6-8-23(9-7-20)27(32)28-24-10-11-24/h1-9,14,24-25H,10-13,15-19H2,(H,28,32). The van der Waals surface area contributed by atoms with E-state index in [0.29, 0.717) is 30.7 Å². The van der Waals surface area contributed by atoms with Gasteiger partial charge in [0.25, 0.3) is 5.91 Å². The number of carbonyl (C=O) groups is 2. The van der Waals surface area contributed by atoms with Gasteiger partial charge in [0.1, 0.15) is 0 Å². The fourth-order valence-corrected chi connectivity index (χ4v) is 4.33. The van der Waals surface area contributed by atoms with Crippen LogP contribution in [0.25, 0.3) is 5.57 Å². The molecule has 5 nitrogen and oxygen atoms in total. The second kappa shape index (κ2) is 9.29. The largest absolute Gasteiger partial charge is 0.349 e. The van der Waals surface area contributed by atoms with Gasteiger partial charge in [0.05, 0.1) is 6.54 Å². The number of rotatable bonds is 8. The smallest absolute Gasteiger partial charge is 0.251 e. The molecule has 1 aliphatic heterocycles. The molecule has 1 N–H and O–H groups in total. The molecule has 2 fully saturated rings. The third kappa shape index (κ3) is 5.28. The number of carbonyl (C=O) groups excluding carboxylic acids is 2. The lowest BCUT2D eigenvalue weighted by molar-refractivity contribution is -0.132. The molecule has 3 aliphatic rings. The van der Waals surface area contributed by atoms with Crippen molar-refractivity contribution in [1.29, 1.82) is 0 Å². The van der Waals surface area contributed by atoms with Crippen LogP contribution in [0.5, 0.6) is 0 Å². The Kier molecular flexibility index (Phi) is 6.08. The Hall–Kier alpha value is -2.92. The highest BCUT2D eigenvalue weighted by Crippen LogP contribution is 2.29. The zero-order valence-electron chi connectivity index (χ0n) is 18.5. The molecule has 2 aliphatic carbocycles. The second-order valence-electron chi connectivity index (χ2n) is 9.27. The molecule has 1 heterocycles. The number of benzene rings is 2. The lowest BCUT2D eigenvalue weighted by Crippen LogP contribution is -2.42. The zero-order valence-corrected chi connectivity index (χ0v) is 18.5. The van der Waals surface area contributed by atoms with Crippen molar-refractivity contribution in [1.82, 2.24) is 15.1 Å². The van der Waals surface area contributed by atoms with Gasteiger partial charge in [-0.2, -0.15) is 0 Å². The maximum Gasteiger partial charge on any atom is 0.251 e. The Labute approximate surface area is 190 Å². The van der Waals surface area contributed by atoms with E-state index in [1.165, 1.54) is 11.1 Å². The van der Waals surface area contributed by atoms with Gasteiger partial charge in [-0.25, -0.2) is 0 Å². The summed E-state index contributed by atoms with van der Waals surface area (Å²) in [7, 11) is 0. The van der Waals surface area contributed by atoms with Gasteiger partial charge >= 0.3 is 0 Å². The first-order valence-electron chi connectivity index (χ1n) is 11.8. The summed E-state index contributed by atoms with van der Waals surface area (Å²) in [5.74, 6) is 0.224. The summed E-state index contributed by atoms with van der Waals surface area (Å²) in [6.45, 7) is 2.68. The van der Waals surface area contributed by atoms with Crippen molar-refractivity contribution in [2.24, 2.45) is 0 Å². The highest BCUT2D eigenvalue weighted by atomic mass is 16.2. The van der Waals surface area contributed by atoms with E-state index in [4.69, 9.17) is 0 Å². The highest BCUT2D eigenvalue weighted by Gasteiger charge is 2.32. The Morgan fingerprint density at radius 2 is 1.72 bits per heavy atom. The second-order valence-corrected chi connectivity index (χ2v) is 9.27. The lowest BCUT2D eigenvalue weighted by Gasteiger charge is -2.30. The molecule has 0 unspecified atom stereocenters. The number of nitrogens with one attached hydrogen (secondary N) is 1. The average Bonchev–Trinajstić information content (AvgIpc) is 3.75. The van der Waals surface area contributed by atoms with Crippen LogP contribution in [0.4, 0.5) is 0 Å². The fourth-order valence-electron chi connectivity index (χ4n) is 4.33. The summed E-state index contributed by atoms with van der Waals surface area (Å²) < 4.78 is 0. The third-order valence-corrected chi connectivity index (χ3v) is 6.62. The van der Waals surface area contributed by atoms with Crippen LogP contribution in [0.1, 0.15) is 53.6 Å². The van der Waals surface area contributed by atoms with Crippen molar-refractivity contribution in [2.45, 2.75) is 50.7 Å². The van der Waals surface area contributed by atoms with E-state index in [0.717, 1.165) is 50.8 Å². The lowest BCUT2D eigenvalue weighted by atomic mass is 9.99. The molecule has 5 heteroatoms. The molecule has 0 spiro atoms. The minimum atomic E-state index is 0.0151. The summed E-state index contributed by atoms with van der Waals surface area (Å²) in [4.78, 5) is 29.5. The van der Waals surface area contributed by atoms with Gasteiger partial charge in [0, 0.05) is 37.3 Å². The predicted molar refractivity (Wildman–Crippen MR) is 126 cm³/mol. The molecule has 0 atom stereocenters. The van der Waals surface area contributed by atoms with Gasteiger partial charge < -0.3 is 10.2 Å². The summed E-state index contributed by atoms with van der Waals surface area (Å²) in [5, 5.41) is 3.03. The SMILES string of the molecule is O=C(NC1CC1)c1ccc(CN(CC(=O)N2CC=C(c3ccccc3)CC2)C2CC2)cc1. The molecule has 0 radical (unpaired) electrons. The minimum absolute atomic E-state index is 0.0151. The van der Waals surface area contributed by atoms with E-state index in [-0.39, 0.29) is 11.8 Å². The molecule has 2 saturated carbocycles. The van der Waals surface area contributed by atoms with Crippen LogP contribution in [-0.4, -0.2) is 53.3 Å². The van der Waals surface area contributed by atoms with Crippen LogP contribution in [0.15, 0.2) is 60.7 Å². The molecular formula is C27H31N3O2. The Bertz CT molecular complexity index is 991. The molecule has 2 aromatic carbocycles. The topological polar surface area (TPSA) is 52.7 Å². The van der Waals surface area contributed by atoms with Crippen molar-refractivity contribution in [3.05, 3.63) is 77.4 Å². The minimum Gasteiger partial charge on any atom is -0.349 e. The molecule has 2 aromatic rings. The molecule has 0 bridgehead atoms. The molecule has 166 valence electrons. The third-order valence-electron chi connectivity index (χ3n) is 6.62. The van der Waals surface area contributed by atoms with E-state index in [1.54, 1.807) is 0 Å². The first-order chi connectivity index (χ1) is 15.7. The van der Waals surface area contributed by atoms with Crippen LogP contribution in [0, 0.1) is 0 Å². The molecule has 0 aromatic heterocycles. The number of hydrogen-bond donors (Lipinski definition) is 1. The molecular weight excluding hydrogens is 398 g/mol. The van der Waals surface area contributed by atoms with E-state index in [2.05, 4.69) is 40.6 Å². The van der Waals surface area contributed by atoms with Crippen molar-refractivity contribution >= 4 is 17.4 Å². The molecule has 32 heavy (non-hydrogen) atoms. The van der Waals surface area contributed by atoms with Crippen LogP contribution >= 0.6 is 0 Å². The first-order valence-corrected chi connectivity index (χ1v) is 11.8. The normalized spacial score (nSPS) is 18.4. The van der Waals surface area contributed by atoms with Crippen molar-refractivity contribution in [3.8, 4) is 0 Å².